The van der Waals surface area contributed by atoms with Crippen LogP contribution in [0, 0.1) is 0 Å². The lowest BCUT2D eigenvalue weighted by atomic mass is 10.0. The van der Waals surface area contributed by atoms with Crippen LogP contribution in [0.2, 0.25) is 0 Å². The first-order chi connectivity index (χ1) is 14.6. The molecule has 0 saturated heterocycles. The molecule has 0 fully saturated rings. The van der Waals surface area contributed by atoms with Gasteiger partial charge in [0.15, 0.2) is 0 Å². The minimum atomic E-state index is -0.0877. The smallest absolute Gasteiger partial charge is 0.326 e. The fourth-order valence-corrected chi connectivity index (χ4v) is 3.89. The number of nitrogens with one attached hydrogen (secondary N) is 1. The summed E-state index contributed by atoms with van der Waals surface area (Å²) in [6.45, 7) is 6.57. The Morgan fingerprint density at radius 3 is 2.73 bits per heavy atom. The number of likely N-dealkylation sites (N-methyl/N-ethyl adjacent to an activating group) is 1. The van der Waals surface area contributed by atoms with Gasteiger partial charge in [0.2, 0.25) is 0 Å². The van der Waals surface area contributed by atoms with E-state index in [-0.39, 0.29) is 6.03 Å². The Balaban J connectivity index is 1.49. The zero-order chi connectivity index (χ0) is 21.3. The summed E-state index contributed by atoms with van der Waals surface area (Å²) in [6.07, 6.45) is 7.60. The lowest BCUT2D eigenvalue weighted by Gasteiger charge is -2.18. The van der Waals surface area contributed by atoms with Crippen LogP contribution in [0.15, 0.2) is 55.1 Å². The van der Waals surface area contributed by atoms with E-state index in [1.54, 1.807) is 7.11 Å². The molecule has 3 rings (SSSR count). The largest absolute Gasteiger partial charge is 0.497 e. The Hall–Kier alpha value is -2.79. The molecule has 0 spiro atoms. The Morgan fingerprint density at radius 2 is 2.00 bits per heavy atom. The number of benzene rings is 2. The molecule has 2 amide bonds. The second-order valence-electron chi connectivity index (χ2n) is 7.88. The Labute approximate surface area is 180 Å². The van der Waals surface area contributed by atoms with E-state index in [1.807, 2.05) is 35.2 Å². The molecule has 1 aliphatic heterocycles. The molecule has 30 heavy (non-hydrogen) atoms. The predicted molar refractivity (Wildman–Crippen MR) is 125 cm³/mol. The average Bonchev–Trinajstić information content (AvgIpc) is 3.17. The van der Waals surface area contributed by atoms with Crippen LogP contribution in [-0.4, -0.2) is 44.7 Å². The number of carbonyl (C=O) groups excluding carboxylic acids is 1. The van der Waals surface area contributed by atoms with Gasteiger partial charge in [-0.3, -0.25) is 4.90 Å². The number of hydrogen-bond donors (Lipinski definition) is 1. The summed E-state index contributed by atoms with van der Waals surface area (Å²) in [5, 5.41) is 2.98. The average molecular weight is 408 g/mol. The van der Waals surface area contributed by atoms with Gasteiger partial charge in [0.1, 0.15) is 5.75 Å². The number of unbranched alkanes of at least 4 members (excludes halogenated alkanes) is 2. The summed E-state index contributed by atoms with van der Waals surface area (Å²) < 4.78 is 5.16. The summed E-state index contributed by atoms with van der Waals surface area (Å²) >= 11 is 0. The lowest BCUT2D eigenvalue weighted by Crippen LogP contribution is -2.33. The molecule has 0 saturated carbocycles. The third-order valence-corrected chi connectivity index (χ3v) is 5.57. The quantitative estimate of drug-likeness (QED) is 0.439. The molecule has 0 bridgehead atoms. The number of ether oxygens (including phenoxy) is 1. The predicted octanol–water partition coefficient (Wildman–Crippen LogP) is 5.12. The van der Waals surface area contributed by atoms with E-state index in [2.05, 4.69) is 42.0 Å². The lowest BCUT2D eigenvalue weighted by molar-refractivity contribution is 0.257. The SMILES string of the molecule is C=CCN(C)CCCCCc1ccc2c(c1)CCN2C(=O)Nc1ccc(OC)cc1. The molecule has 1 aliphatic rings. The molecule has 1 N–H and O–H groups in total. The maximum Gasteiger partial charge on any atom is 0.326 e. The van der Waals surface area contributed by atoms with Crippen molar-refractivity contribution in [3.63, 3.8) is 0 Å². The highest BCUT2D eigenvalue weighted by Gasteiger charge is 2.24. The van der Waals surface area contributed by atoms with E-state index in [1.165, 1.54) is 30.4 Å². The zero-order valence-corrected chi connectivity index (χ0v) is 18.2. The van der Waals surface area contributed by atoms with Crippen molar-refractivity contribution in [1.29, 1.82) is 0 Å². The fourth-order valence-electron chi connectivity index (χ4n) is 3.89. The van der Waals surface area contributed by atoms with Gasteiger partial charge in [-0.15, -0.1) is 6.58 Å². The third-order valence-electron chi connectivity index (χ3n) is 5.57. The molecular formula is C25H33N3O2. The molecule has 160 valence electrons. The van der Waals surface area contributed by atoms with Gasteiger partial charge in [-0.1, -0.05) is 24.6 Å². The van der Waals surface area contributed by atoms with Gasteiger partial charge in [0.05, 0.1) is 7.11 Å². The van der Waals surface area contributed by atoms with Gasteiger partial charge in [0, 0.05) is 24.5 Å². The normalized spacial score (nSPS) is 12.7. The molecule has 0 radical (unpaired) electrons. The van der Waals surface area contributed by atoms with Crippen LogP contribution in [0.4, 0.5) is 16.2 Å². The zero-order valence-electron chi connectivity index (χ0n) is 18.2. The van der Waals surface area contributed by atoms with Crippen molar-refractivity contribution in [3.8, 4) is 5.75 Å². The van der Waals surface area contributed by atoms with Crippen LogP contribution < -0.4 is 15.0 Å². The minimum Gasteiger partial charge on any atom is -0.497 e. The van der Waals surface area contributed by atoms with Crippen molar-refractivity contribution < 1.29 is 9.53 Å². The number of rotatable bonds is 10. The van der Waals surface area contributed by atoms with Crippen molar-refractivity contribution >= 4 is 17.4 Å². The molecule has 5 heteroatoms. The third kappa shape index (κ3) is 5.86. The van der Waals surface area contributed by atoms with E-state index in [9.17, 15) is 4.79 Å². The van der Waals surface area contributed by atoms with E-state index >= 15 is 0 Å². The topological polar surface area (TPSA) is 44.8 Å². The molecule has 2 aromatic rings. The second-order valence-corrected chi connectivity index (χ2v) is 7.88. The molecule has 5 nitrogen and oxygen atoms in total. The van der Waals surface area contributed by atoms with Gasteiger partial charge in [0.25, 0.3) is 0 Å². The number of anilines is 2. The number of carbonyl (C=O) groups is 1. The van der Waals surface area contributed by atoms with E-state index < -0.39 is 0 Å². The van der Waals surface area contributed by atoms with Crippen LogP contribution in [-0.2, 0) is 12.8 Å². The number of aryl methyl sites for hydroxylation is 1. The Bertz CT molecular complexity index is 848. The van der Waals surface area contributed by atoms with Crippen LogP contribution >= 0.6 is 0 Å². The molecule has 0 unspecified atom stereocenters. The molecular weight excluding hydrogens is 374 g/mol. The van der Waals surface area contributed by atoms with Crippen molar-refractivity contribution in [3.05, 3.63) is 66.2 Å². The summed E-state index contributed by atoms with van der Waals surface area (Å²) in [7, 11) is 3.77. The first kappa shape index (κ1) is 21.9. The van der Waals surface area contributed by atoms with Crippen LogP contribution in [0.1, 0.15) is 30.4 Å². The maximum absolute atomic E-state index is 12.7. The van der Waals surface area contributed by atoms with Gasteiger partial charge in [-0.2, -0.15) is 0 Å². The number of nitrogens with zero attached hydrogens (tertiary/aromatic N) is 2. The highest BCUT2D eigenvalue weighted by atomic mass is 16.5. The number of hydrogen-bond acceptors (Lipinski definition) is 3. The number of methoxy groups -OCH3 is 1. The minimum absolute atomic E-state index is 0.0877. The van der Waals surface area contributed by atoms with Crippen LogP contribution in [0.5, 0.6) is 5.75 Å². The monoisotopic (exact) mass is 407 g/mol. The first-order valence-corrected chi connectivity index (χ1v) is 10.7. The van der Waals surface area contributed by atoms with Crippen LogP contribution in [0.25, 0.3) is 0 Å². The van der Waals surface area contributed by atoms with E-state index in [4.69, 9.17) is 4.74 Å². The van der Waals surface area contributed by atoms with Gasteiger partial charge >= 0.3 is 6.03 Å². The number of amides is 2. The number of urea groups is 1. The van der Waals surface area contributed by atoms with Crippen molar-refractivity contribution in [1.82, 2.24) is 4.90 Å². The molecule has 1 heterocycles. The van der Waals surface area contributed by atoms with Gasteiger partial charge in [-0.05, 0) is 80.7 Å². The summed E-state index contributed by atoms with van der Waals surface area (Å²) in [6, 6.07) is 13.9. The maximum atomic E-state index is 12.7. The van der Waals surface area contributed by atoms with Crippen molar-refractivity contribution in [2.45, 2.75) is 32.1 Å². The summed E-state index contributed by atoms with van der Waals surface area (Å²) in [5.41, 5.74) is 4.43. The highest BCUT2D eigenvalue weighted by molar-refractivity contribution is 6.03. The summed E-state index contributed by atoms with van der Waals surface area (Å²) in [5.74, 6) is 0.774. The highest BCUT2D eigenvalue weighted by Crippen LogP contribution is 2.30. The Morgan fingerprint density at radius 1 is 1.20 bits per heavy atom. The van der Waals surface area contributed by atoms with E-state index in [0.29, 0.717) is 0 Å². The first-order valence-electron chi connectivity index (χ1n) is 10.7. The number of fused-ring (bicyclic) bond motifs is 1. The molecule has 2 aromatic carbocycles. The van der Waals surface area contributed by atoms with E-state index in [0.717, 1.165) is 49.6 Å². The second kappa shape index (κ2) is 10.8. The van der Waals surface area contributed by atoms with Gasteiger partial charge < -0.3 is 15.0 Å². The molecule has 0 aromatic heterocycles. The molecule has 0 aliphatic carbocycles. The van der Waals surface area contributed by atoms with Gasteiger partial charge in [-0.25, -0.2) is 4.79 Å². The Kier molecular flexibility index (Phi) is 7.91. The molecule has 0 atom stereocenters. The van der Waals surface area contributed by atoms with Crippen LogP contribution in [0.3, 0.4) is 0 Å². The standard InChI is InChI=1S/C25H33N3O2/c1-4-16-27(2)17-7-5-6-8-20-9-14-24-21(19-20)15-18-28(24)25(29)26-22-10-12-23(30-3)13-11-22/h4,9-14,19H,1,5-8,15-18H2,2-3H3,(H,26,29). The fraction of sp³-hybridized carbons (Fsp3) is 0.400. The van der Waals surface area contributed by atoms with Crippen molar-refractivity contribution in [2.24, 2.45) is 0 Å². The van der Waals surface area contributed by atoms with Crippen molar-refractivity contribution in [2.75, 3.05) is 44.0 Å². The summed E-state index contributed by atoms with van der Waals surface area (Å²) in [4.78, 5) is 16.9.